The van der Waals surface area contributed by atoms with Crippen molar-refractivity contribution in [2.75, 3.05) is 0 Å². The van der Waals surface area contributed by atoms with Crippen LogP contribution in [0.1, 0.15) is 0 Å². The smallest absolute Gasteiger partial charge is 0.781 e. The third kappa shape index (κ3) is 40.2. The normalized spacial score (nSPS) is 10.3. The summed E-state index contributed by atoms with van der Waals surface area (Å²) in [6.45, 7) is 0. The Labute approximate surface area is 81.1 Å². The van der Waals surface area contributed by atoms with Crippen molar-refractivity contribution in [3.05, 3.63) is 0 Å². The summed E-state index contributed by atoms with van der Waals surface area (Å²) < 4.78 is 8.63. The largest absolute Gasteiger partial charge is 1.00 e. The summed E-state index contributed by atoms with van der Waals surface area (Å²) in [5.74, 6) is 0. The molecule has 0 aliphatic carbocycles. The summed E-state index contributed by atoms with van der Waals surface area (Å²) in [6, 6.07) is 0. The van der Waals surface area contributed by atoms with Gasteiger partial charge in [0.05, 0.1) is 8.41 Å². The molecule has 0 rings (SSSR count). The summed E-state index contributed by atoms with van der Waals surface area (Å²) >= 11 is 0. The molecule has 0 bridgehead atoms. The van der Waals surface area contributed by atoms with Gasteiger partial charge in [-0.1, -0.05) is 0 Å². The van der Waals surface area contributed by atoms with E-state index in [4.69, 9.17) is 14.4 Å². The van der Waals surface area contributed by atoms with Crippen molar-refractivity contribution in [1.29, 1.82) is 0 Å². The van der Waals surface area contributed by atoms with Crippen LogP contribution in [0.25, 0.3) is 0 Å². The van der Waals surface area contributed by atoms with Crippen LogP contribution in [-0.2, 0) is 4.57 Å². The van der Waals surface area contributed by atoms with Gasteiger partial charge in [0, 0.05) is 0 Å². The van der Waals surface area contributed by atoms with Gasteiger partial charge in [0.1, 0.15) is 8.25 Å². The molecule has 0 heterocycles. The summed E-state index contributed by atoms with van der Waals surface area (Å²) in [4.78, 5) is 15.7. The molecule has 1 atom stereocenters. The maximum absolute atomic E-state index is 8.63. The SMILES string of the molecule is B.O=[PH]([O-])O.[K+]. The van der Waals surface area contributed by atoms with Gasteiger partial charge >= 0.3 is 51.4 Å². The van der Waals surface area contributed by atoms with Gasteiger partial charge in [0.25, 0.3) is 0 Å². The fraction of sp³-hybridized carbons (Fsp3) is 0. The van der Waals surface area contributed by atoms with Crippen molar-refractivity contribution in [3.63, 3.8) is 0 Å². The predicted octanol–water partition coefficient (Wildman–Crippen LogP) is -5.45. The average Bonchev–Trinajstić information content (AvgIpc) is 0.811. The van der Waals surface area contributed by atoms with Crippen LogP contribution in [0.4, 0.5) is 0 Å². The molecule has 0 fully saturated rings. The Bertz CT molecular complexity index is 33.8. The van der Waals surface area contributed by atoms with Gasteiger partial charge in [-0.15, -0.1) is 0 Å². The molecule has 3 nitrogen and oxygen atoms in total. The van der Waals surface area contributed by atoms with E-state index >= 15 is 0 Å². The molecule has 6 heavy (non-hydrogen) atoms. The van der Waals surface area contributed by atoms with Crippen LogP contribution in [-0.4, -0.2) is 13.3 Å². The maximum Gasteiger partial charge on any atom is 1.00 e. The molecular weight excluding hydrogens is 129 g/mol. The van der Waals surface area contributed by atoms with E-state index < -0.39 is 8.25 Å². The molecule has 0 spiro atoms. The van der Waals surface area contributed by atoms with Gasteiger partial charge in [-0.3, -0.25) is 0 Å². The second-order valence-corrected chi connectivity index (χ2v) is 0.798. The average molecular weight is 134 g/mol. The standard InChI is InChI=1S/BH3.K.H3O3P/c;;1-4(2)3/h1H3;;4H,(H2,1,2,3)/q;+1;/p-1. The van der Waals surface area contributed by atoms with Gasteiger partial charge in [-0.2, -0.15) is 0 Å². The minimum Gasteiger partial charge on any atom is -0.781 e. The topological polar surface area (TPSA) is 60.4 Å². The zero-order chi connectivity index (χ0) is 3.58. The summed E-state index contributed by atoms with van der Waals surface area (Å²) in [5.41, 5.74) is 0. The van der Waals surface area contributed by atoms with E-state index in [9.17, 15) is 0 Å². The molecule has 1 unspecified atom stereocenters. The quantitative estimate of drug-likeness (QED) is 0.265. The van der Waals surface area contributed by atoms with Crippen molar-refractivity contribution in [1.82, 2.24) is 0 Å². The molecule has 0 radical (unpaired) electrons. The van der Waals surface area contributed by atoms with E-state index in [1.54, 1.807) is 0 Å². The second kappa shape index (κ2) is 9.97. The maximum atomic E-state index is 8.63. The molecule has 0 amide bonds. The van der Waals surface area contributed by atoms with E-state index in [1.807, 2.05) is 0 Å². The van der Waals surface area contributed by atoms with E-state index in [0.717, 1.165) is 0 Å². The van der Waals surface area contributed by atoms with Gasteiger partial charge in [-0.25, -0.2) is 0 Å². The van der Waals surface area contributed by atoms with Crippen LogP contribution >= 0.6 is 8.25 Å². The summed E-state index contributed by atoms with van der Waals surface area (Å²) in [5, 5.41) is 0. The van der Waals surface area contributed by atoms with Crippen molar-refractivity contribution >= 4 is 16.7 Å². The fourth-order valence-electron chi connectivity index (χ4n) is 0. The van der Waals surface area contributed by atoms with Crippen molar-refractivity contribution in [2.24, 2.45) is 0 Å². The first-order valence-corrected chi connectivity index (χ1v) is 1.90. The van der Waals surface area contributed by atoms with Gasteiger partial charge in [0.15, 0.2) is 0 Å². The molecule has 0 saturated carbocycles. The van der Waals surface area contributed by atoms with Crippen molar-refractivity contribution in [2.45, 2.75) is 0 Å². The number of hydrogen-bond donors (Lipinski definition) is 1. The first-order valence-electron chi connectivity index (χ1n) is 0.632. The van der Waals surface area contributed by atoms with Crippen LogP contribution in [0.15, 0.2) is 0 Å². The predicted molar refractivity (Wildman–Crippen MR) is 21.2 cm³/mol. The summed E-state index contributed by atoms with van der Waals surface area (Å²) in [7, 11) is -3.38. The Balaban J connectivity index is -0.0000000450. The van der Waals surface area contributed by atoms with E-state index in [1.165, 1.54) is 0 Å². The van der Waals surface area contributed by atoms with Crippen LogP contribution in [0, 0.1) is 0 Å². The Hall–Kier alpha value is 1.85. The van der Waals surface area contributed by atoms with Crippen molar-refractivity contribution in [3.8, 4) is 0 Å². The Morgan fingerprint density at radius 3 is 1.67 bits per heavy atom. The molecular formula is H5BKO3P. The van der Waals surface area contributed by atoms with E-state index in [-0.39, 0.29) is 59.8 Å². The third-order valence-electron chi connectivity index (χ3n) is 0. The minimum absolute atomic E-state index is 0. The molecule has 1 N–H and O–H groups in total. The van der Waals surface area contributed by atoms with Crippen LogP contribution < -0.4 is 56.3 Å². The van der Waals surface area contributed by atoms with Gasteiger partial charge in [-0.05, 0) is 0 Å². The first-order chi connectivity index (χ1) is 1.73. The molecule has 0 aromatic heterocycles. The first kappa shape index (κ1) is 15.7. The zero-order valence-electron chi connectivity index (χ0n) is 2.76. The molecule has 0 aliphatic heterocycles. The fourth-order valence-corrected chi connectivity index (χ4v) is 0. The van der Waals surface area contributed by atoms with E-state index in [2.05, 4.69) is 0 Å². The Kier molecular flexibility index (Phi) is 26.0. The van der Waals surface area contributed by atoms with Crippen LogP contribution in [0.3, 0.4) is 0 Å². The molecule has 6 heteroatoms. The van der Waals surface area contributed by atoms with E-state index in [0.29, 0.717) is 0 Å². The summed E-state index contributed by atoms with van der Waals surface area (Å²) in [6.07, 6.45) is 0. The molecule has 0 aromatic rings. The molecule has 0 aliphatic rings. The van der Waals surface area contributed by atoms with Gasteiger partial charge < -0.3 is 14.4 Å². The third-order valence-corrected chi connectivity index (χ3v) is 0. The number of hydrogen-bond acceptors (Lipinski definition) is 2. The van der Waals surface area contributed by atoms with Gasteiger partial charge in [0.2, 0.25) is 0 Å². The molecule has 0 aromatic carbocycles. The number of rotatable bonds is 0. The molecule has 32 valence electrons. The Morgan fingerprint density at radius 2 is 1.67 bits per heavy atom. The van der Waals surface area contributed by atoms with Crippen molar-refractivity contribution < 1.29 is 65.7 Å². The van der Waals surface area contributed by atoms with Crippen LogP contribution in [0.2, 0.25) is 0 Å². The Morgan fingerprint density at radius 1 is 1.67 bits per heavy atom. The second-order valence-electron chi connectivity index (χ2n) is 0.266. The molecule has 0 saturated heterocycles. The zero-order valence-corrected chi connectivity index (χ0v) is 6.89. The van der Waals surface area contributed by atoms with Crippen LogP contribution in [0.5, 0.6) is 0 Å². The monoisotopic (exact) mass is 134 g/mol. The minimum atomic E-state index is -3.38.